The van der Waals surface area contributed by atoms with Crippen LogP contribution in [0.3, 0.4) is 0 Å². The molecule has 1 aliphatic heterocycles. The maximum Gasteiger partial charge on any atom is 0.242 e. The fourth-order valence-corrected chi connectivity index (χ4v) is 3.77. The topological polar surface area (TPSA) is 78.1 Å². The summed E-state index contributed by atoms with van der Waals surface area (Å²) < 4.78 is 9.56. The summed E-state index contributed by atoms with van der Waals surface area (Å²) >= 11 is 0. The molecule has 8 heteroatoms. The lowest BCUT2D eigenvalue weighted by molar-refractivity contribution is -0.139. The average Bonchev–Trinajstić information content (AvgIpc) is 3.40. The summed E-state index contributed by atoms with van der Waals surface area (Å²) in [6.07, 6.45) is 7.08. The highest BCUT2D eigenvalue weighted by atomic mass is 16.5. The second kappa shape index (κ2) is 7.72. The van der Waals surface area contributed by atoms with Crippen LogP contribution in [-0.4, -0.2) is 54.8 Å². The quantitative estimate of drug-likeness (QED) is 0.524. The Morgan fingerprint density at radius 3 is 2.83 bits per heavy atom. The van der Waals surface area contributed by atoms with E-state index in [0.717, 1.165) is 27.9 Å². The molecule has 152 valence electrons. The van der Waals surface area contributed by atoms with E-state index in [0.29, 0.717) is 19.7 Å². The highest BCUT2D eigenvalue weighted by molar-refractivity contribution is 5.80. The SMILES string of the molecule is Cn1cc(-c2ccc([C@@H]3CN(C(=O)Cn4cnc5ccccc54)CCO3)nc2)cn1. The van der Waals surface area contributed by atoms with Gasteiger partial charge in [0.05, 0.1) is 42.4 Å². The van der Waals surface area contributed by atoms with Crippen LogP contribution in [0, 0.1) is 0 Å². The number of fused-ring (bicyclic) bond motifs is 1. The highest BCUT2D eigenvalue weighted by Crippen LogP contribution is 2.24. The van der Waals surface area contributed by atoms with Crippen molar-refractivity contribution in [2.75, 3.05) is 19.7 Å². The van der Waals surface area contributed by atoms with Crippen molar-refractivity contribution in [1.29, 1.82) is 0 Å². The van der Waals surface area contributed by atoms with E-state index >= 15 is 0 Å². The molecule has 1 saturated heterocycles. The van der Waals surface area contributed by atoms with Gasteiger partial charge >= 0.3 is 0 Å². The lowest BCUT2D eigenvalue weighted by Gasteiger charge is -2.32. The van der Waals surface area contributed by atoms with Crippen LogP contribution in [0.15, 0.2) is 61.3 Å². The zero-order valence-electron chi connectivity index (χ0n) is 16.7. The van der Waals surface area contributed by atoms with Crippen molar-refractivity contribution in [2.24, 2.45) is 7.05 Å². The van der Waals surface area contributed by atoms with E-state index in [4.69, 9.17) is 4.74 Å². The molecule has 30 heavy (non-hydrogen) atoms. The van der Waals surface area contributed by atoms with Crippen LogP contribution < -0.4 is 0 Å². The fraction of sp³-hybridized carbons (Fsp3) is 0.273. The first-order chi connectivity index (χ1) is 14.7. The number of hydrogen-bond donors (Lipinski definition) is 0. The summed E-state index contributed by atoms with van der Waals surface area (Å²) in [6.45, 7) is 1.83. The van der Waals surface area contributed by atoms with Crippen molar-refractivity contribution in [2.45, 2.75) is 12.6 Å². The Balaban J connectivity index is 1.28. The van der Waals surface area contributed by atoms with Crippen LogP contribution in [0.4, 0.5) is 0 Å². The van der Waals surface area contributed by atoms with Gasteiger partial charge < -0.3 is 14.2 Å². The first-order valence-corrected chi connectivity index (χ1v) is 9.91. The number of nitrogens with zero attached hydrogens (tertiary/aromatic N) is 6. The molecule has 1 atom stereocenters. The van der Waals surface area contributed by atoms with Crippen molar-refractivity contribution in [3.05, 3.63) is 67.0 Å². The molecule has 3 aromatic heterocycles. The monoisotopic (exact) mass is 402 g/mol. The molecule has 4 aromatic rings. The van der Waals surface area contributed by atoms with E-state index in [2.05, 4.69) is 15.1 Å². The predicted molar refractivity (Wildman–Crippen MR) is 111 cm³/mol. The molecule has 0 spiro atoms. The maximum absolute atomic E-state index is 12.9. The summed E-state index contributed by atoms with van der Waals surface area (Å²) in [5.41, 5.74) is 4.70. The van der Waals surface area contributed by atoms with Gasteiger partial charge in [0.2, 0.25) is 5.91 Å². The molecule has 0 aliphatic carbocycles. The molecular weight excluding hydrogens is 380 g/mol. The highest BCUT2D eigenvalue weighted by Gasteiger charge is 2.26. The lowest BCUT2D eigenvalue weighted by atomic mass is 10.1. The van der Waals surface area contributed by atoms with Crippen LogP contribution in [0.1, 0.15) is 11.8 Å². The first-order valence-electron chi connectivity index (χ1n) is 9.91. The Morgan fingerprint density at radius 2 is 2.03 bits per heavy atom. The third kappa shape index (κ3) is 3.57. The number of rotatable bonds is 4. The van der Waals surface area contributed by atoms with Crippen LogP contribution in [0.5, 0.6) is 0 Å². The molecular formula is C22H22N6O2. The number of ether oxygens (including phenoxy) is 1. The molecule has 1 aliphatic rings. The zero-order valence-corrected chi connectivity index (χ0v) is 16.7. The normalized spacial score (nSPS) is 16.8. The van der Waals surface area contributed by atoms with Gasteiger partial charge in [-0.05, 0) is 18.2 Å². The Bertz CT molecular complexity index is 1180. The molecule has 1 fully saturated rings. The molecule has 0 N–H and O–H groups in total. The molecule has 1 aromatic carbocycles. The minimum Gasteiger partial charge on any atom is -0.368 e. The van der Waals surface area contributed by atoms with Gasteiger partial charge in [0.15, 0.2) is 0 Å². The number of morpholine rings is 1. The number of amides is 1. The van der Waals surface area contributed by atoms with E-state index in [1.807, 2.05) is 71.5 Å². The van der Waals surface area contributed by atoms with Gasteiger partial charge in [-0.1, -0.05) is 18.2 Å². The summed E-state index contributed by atoms with van der Waals surface area (Å²) in [7, 11) is 1.89. The minimum atomic E-state index is -0.231. The number of hydrogen-bond acceptors (Lipinski definition) is 5. The second-order valence-electron chi connectivity index (χ2n) is 7.43. The molecule has 0 radical (unpaired) electrons. The smallest absolute Gasteiger partial charge is 0.242 e. The summed E-state index contributed by atoms with van der Waals surface area (Å²) in [4.78, 5) is 23.7. The Morgan fingerprint density at radius 1 is 1.13 bits per heavy atom. The third-order valence-electron chi connectivity index (χ3n) is 5.41. The summed E-state index contributed by atoms with van der Waals surface area (Å²) in [6, 6.07) is 11.8. The number of pyridine rings is 1. The number of carbonyl (C=O) groups is 1. The lowest BCUT2D eigenvalue weighted by Crippen LogP contribution is -2.43. The first kappa shape index (κ1) is 18.5. The van der Waals surface area contributed by atoms with E-state index < -0.39 is 0 Å². The largest absolute Gasteiger partial charge is 0.368 e. The molecule has 1 amide bonds. The van der Waals surface area contributed by atoms with Gasteiger partial charge in [0.25, 0.3) is 0 Å². The Kier molecular flexibility index (Phi) is 4.76. The number of benzene rings is 1. The number of carbonyl (C=O) groups excluding carboxylic acids is 1. The molecule has 4 heterocycles. The number of aryl methyl sites for hydroxylation is 1. The van der Waals surface area contributed by atoms with Crippen molar-refractivity contribution in [3.8, 4) is 11.1 Å². The van der Waals surface area contributed by atoms with Crippen LogP contribution >= 0.6 is 0 Å². The van der Waals surface area contributed by atoms with Gasteiger partial charge in [0.1, 0.15) is 12.6 Å². The average molecular weight is 402 g/mol. The third-order valence-corrected chi connectivity index (χ3v) is 5.41. The second-order valence-corrected chi connectivity index (χ2v) is 7.43. The van der Waals surface area contributed by atoms with Gasteiger partial charge in [-0.25, -0.2) is 4.98 Å². The van der Waals surface area contributed by atoms with Gasteiger partial charge in [-0.15, -0.1) is 0 Å². The Labute approximate surface area is 173 Å². The number of imidazole rings is 1. The van der Waals surface area contributed by atoms with Crippen LogP contribution in [0.2, 0.25) is 0 Å². The number of para-hydroxylation sites is 2. The van der Waals surface area contributed by atoms with E-state index in [1.54, 1.807) is 11.0 Å². The zero-order chi connectivity index (χ0) is 20.5. The van der Waals surface area contributed by atoms with E-state index in [1.165, 1.54) is 0 Å². The van der Waals surface area contributed by atoms with Crippen molar-refractivity contribution < 1.29 is 9.53 Å². The van der Waals surface area contributed by atoms with Crippen molar-refractivity contribution in [1.82, 2.24) is 29.2 Å². The predicted octanol–water partition coefficient (Wildman–Crippen LogP) is 2.43. The van der Waals surface area contributed by atoms with Crippen LogP contribution in [-0.2, 0) is 23.1 Å². The van der Waals surface area contributed by atoms with Gasteiger partial charge in [-0.2, -0.15) is 5.10 Å². The molecule has 0 bridgehead atoms. The van der Waals surface area contributed by atoms with Crippen LogP contribution in [0.25, 0.3) is 22.2 Å². The van der Waals surface area contributed by atoms with Crippen molar-refractivity contribution >= 4 is 16.9 Å². The molecule has 0 saturated carbocycles. The maximum atomic E-state index is 12.9. The summed E-state index contributed by atoms with van der Waals surface area (Å²) in [5, 5.41) is 4.20. The molecule has 0 unspecified atom stereocenters. The summed E-state index contributed by atoms with van der Waals surface area (Å²) in [5.74, 6) is 0.0541. The molecule has 8 nitrogen and oxygen atoms in total. The van der Waals surface area contributed by atoms with Gasteiger partial charge in [-0.3, -0.25) is 14.5 Å². The Hall–Kier alpha value is -3.52. The standard InChI is InChI=1S/C22H22N6O2/c1-26-12-17(11-25-26)16-6-7-19(23-10-16)21-13-27(8-9-30-21)22(29)14-28-15-24-18-4-2-3-5-20(18)28/h2-7,10-12,15,21H,8-9,13-14H2,1H3/t21-/m0/s1. The number of aromatic nitrogens is 5. The fourth-order valence-electron chi connectivity index (χ4n) is 3.77. The van der Waals surface area contributed by atoms with Gasteiger partial charge in [0, 0.05) is 37.1 Å². The van der Waals surface area contributed by atoms with Crippen molar-refractivity contribution in [3.63, 3.8) is 0 Å². The van der Waals surface area contributed by atoms with E-state index in [-0.39, 0.29) is 18.6 Å². The minimum absolute atomic E-state index is 0.0541. The molecule has 5 rings (SSSR count). The van der Waals surface area contributed by atoms with E-state index in [9.17, 15) is 4.79 Å².